The van der Waals surface area contributed by atoms with Crippen LogP contribution in [0.5, 0.6) is 5.75 Å². The number of hydrogen-bond donors (Lipinski definition) is 1. The molecule has 1 N–H and O–H groups in total. The van der Waals surface area contributed by atoms with Gasteiger partial charge in [-0.2, -0.15) is 0 Å². The molecule has 20 heavy (non-hydrogen) atoms. The van der Waals surface area contributed by atoms with E-state index in [1.54, 1.807) is 7.11 Å². The fourth-order valence-electron chi connectivity index (χ4n) is 3.11. The molecule has 1 aliphatic heterocycles. The fourth-order valence-corrected chi connectivity index (χ4v) is 3.11. The first-order valence-electron chi connectivity index (χ1n) is 7.67. The quantitative estimate of drug-likeness (QED) is 0.863. The summed E-state index contributed by atoms with van der Waals surface area (Å²) in [6, 6.07) is 4.77. The van der Waals surface area contributed by atoms with Crippen molar-refractivity contribution in [3.63, 3.8) is 0 Å². The molecular weight excluding hydrogens is 250 g/mol. The molecule has 3 heteroatoms. The Kier molecular flexibility index (Phi) is 5.44. The van der Waals surface area contributed by atoms with Gasteiger partial charge in [-0.15, -0.1) is 0 Å². The lowest BCUT2D eigenvalue weighted by Gasteiger charge is -2.26. The molecule has 0 aromatic heterocycles. The number of nitrogens with one attached hydrogen (secondary N) is 1. The molecule has 0 radical (unpaired) electrons. The highest BCUT2D eigenvalue weighted by Gasteiger charge is 2.27. The molecule has 0 spiro atoms. The summed E-state index contributed by atoms with van der Waals surface area (Å²) in [5.41, 5.74) is 3.72. The van der Waals surface area contributed by atoms with Gasteiger partial charge in [0.15, 0.2) is 0 Å². The molecular formula is C17H27NO2. The van der Waals surface area contributed by atoms with Gasteiger partial charge in [-0.1, -0.05) is 19.1 Å². The van der Waals surface area contributed by atoms with Crippen LogP contribution in [0.2, 0.25) is 0 Å². The molecule has 3 nitrogen and oxygen atoms in total. The molecule has 0 saturated carbocycles. The second-order valence-electron chi connectivity index (χ2n) is 5.67. The highest BCUT2D eigenvalue weighted by molar-refractivity contribution is 5.44. The molecule has 1 aliphatic rings. The largest absolute Gasteiger partial charge is 0.496 e. The maximum absolute atomic E-state index is 5.91. The summed E-state index contributed by atoms with van der Waals surface area (Å²) in [5.74, 6) is 0.996. The third-order valence-electron chi connectivity index (χ3n) is 4.00. The Morgan fingerprint density at radius 2 is 2.05 bits per heavy atom. The highest BCUT2D eigenvalue weighted by atomic mass is 16.5. The van der Waals surface area contributed by atoms with Crippen molar-refractivity contribution >= 4 is 0 Å². The van der Waals surface area contributed by atoms with Crippen LogP contribution in [0.25, 0.3) is 0 Å². The van der Waals surface area contributed by atoms with Crippen LogP contribution in [0.4, 0.5) is 0 Å². The number of rotatable bonds is 6. The minimum atomic E-state index is 0.292. The lowest BCUT2D eigenvalue weighted by Crippen LogP contribution is -2.32. The van der Waals surface area contributed by atoms with Crippen molar-refractivity contribution in [2.45, 2.75) is 52.2 Å². The predicted molar refractivity (Wildman–Crippen MR) is 82.5 cm³/mol. The second kappa shape index (κ2) is 7.09. The maximum Gasteiger partial charge on any atom is 0.124 e. The second-order valence-corrected chi connectivity index (χ2v) is 5.67. The van der Waals surface area contributed by atoms with E-state index in [9.17, 15) is 0 Å². The summed E-state index contributed by atoms with van der Waals surface area (Å²) < 4.78 is 11.4. The van der Waals surface area contributed by atoms with Gasteiger partial charge in [0.25, 0.3) is 0 Å². The van der Waals surface area contributed by atoms with Crippen molar-refractivity contribution < 1.29 is 9.47 Å². The number of hydrogen-bond acceptors (Lipinski definition) is 3. The van der Waals surface area contributed by atoms with E-state index in [1.807, 2.05) is 0 Å². The zero-order valence-corrected chi connectivity index (χ0v) is 13.2. The van der Waals surface area contributed by atoms with Crippen LogP contribution in [-0.4, -0.2) is 26.4 Å². The molecule has 0 bridgehead atoms. The van der Waals surface area contributed by atoms with E-state index in [0.29, 0.717) is 12.1 Å². The van der Waals surface area contributed by atoms with Crippen molar-refractivity contribution in [3.05, 3.63) is 28.8 Å². The number of benzene rings is 1. The van der Waals surface area contributed by atoms with Crippen molar-refractivity contribution in [3.8, 4) is 5.75 Å². The molecule has 2 rings (SSSR count). The Morgan fingerprint density at radius 1 is 1.35 bits per heavy atom. The van der Waals surface area contributed by atoms with E-state index in [-0.39, 0.29) is 0 Å². The van der Waals surface area contributed by atoms with Gasteiger partial charge in [0, 0.05) is 6.61 Å². The van der Waals surface area contributed by atoms with Gasteiger partial charge < -0.3 is 14.8 Å². The number of aryl methyl sites for hydroxylation is 2. The Labute approximate surface area is 122 Å². The van der Waals surface area contributed by atoms with Crippen LogP contribution >= 0.6 is 0 Å². The minimum Gasteiger partial charge on any atom is -0.496 e. The van der Waals surface area contributed by atoms with E-state index in [0.717, 1.165) is 31.7 Å². The van der Waals surface area contributed by atoms with Crippen LogP contribution in [-0.2, 0) is 4.74 Å². The average Bonchev–Trinajstić information content (AvgIpc) is 2.93. The normalized spacial score (nSPS) is 20.1. The van der Waals surface area contributed by atoms with Gasteiger partial charge in [-0.25, -0.2) is 0 Å². The third-order valence-corrected chi connectivity index (χ3v) is 4.00. The van der Waals surface area contributed by atoms with Crippen LogP contribution in [0.3, 0.4) is 0 Å². The molecule has 2 atom stereocenters. The zero-order valence-electron chi connectivity index (χ0n) is 13.2. The Hall–Kier alpha value is -1.06. The first-order valence-corrected chi connectivity index (χ1v) is 7.67. The molecule has 0 aliphatic carbocycles. The smallest absolute Gasteiger partial charge is 0.124 e. The van der Waals surface area contributed by atoms with Gasteiger partial charge >= 0.3 is 0 Å². The average molecular weight is 277 g/mol. The van der Waals surface area contributed by atoms with Crippen LogP contribution in [0, 0.1) is 13.8 Å². The molecule has 1 saturated heterocycles. The first kappa shape index (κ1) is 15.3. The van der Waals surface area contributed by atoms with E-state index >= 15 is 0 Å². The van der Waals surface area contributed by atoms with Crippen molar-refractivity contribution in [2.24, 2.45) is 0 Å². The van der Waals surface area contributed by atoms with Crippen molar-refractivity contribution in [1.29, 1.82) is 0 Å². The molecule has 0 amide bonds. The fraction of sp³-hybridized carbons (Fsp3) is 0.647. The maximum atomic E-state index is 5.91. The Balaban J connectivity index is 2.27. The molecule has 112 valence electrons. The van der Waals surface area contributed by atoms with Crippen LogP contribution < -0.4 is 10.1 Å². The SMILES string of the molecule is CCCNC(c1cc(C)c(OC)c(C)c1)C1CCCO1. The van der Waals surface area contributed by atoms with E-state index < -0.39 is 0 Å². The summed E-state index contributed by atoms with van der Waals surface area (Å²) in [7, 11) is 1.74. The predicted octanol–water partition coefficient (Wildman–Crippen LogP) is 3.53. The van der Waals surface area contributed by atoms with Crippen LogP contribution in [0.1, 0.15) is 48.9 Å². The number of methoxy groups -OCH3 is 1. The standard InChI is InChI=1S/C17H27NO2/c1-5-8-18-16(15-7-6-9-20-15)14-10-12(2)17(19-4)13(3)11-14/h10-11,15-16,18H,5-9H2,1-4H3. The van der Waals surface area contributed by atoms with Gasteiger partial charge in [0.1, 0.15) is 5.75 Å². The van der Waals surface area contributed by atoms with Gasteiger partial charge in [0.2, 0.25) is 0 Å². The van der Waals surface area contributed by atoms with Gasteiger partial charge in [-0.05, 0) is 56.3 Å². The van der Waals surface area contributed by atoms with Gasteiger partial charge in [0.05, 0.1) is 19.3 Å². The highest BCUT2D eigenvalue weighted by Crippen LogP contribution is 2.32. The van der Waals surface area contributed by atoms with Gasteiger partial charge in [-0.3, -0.25) is 0 Å². The lowest BCUT2D eigenvalue weighted by molar-refractivity contribution is 0.0782. The van der Waals surface area contributed by atoms with Crippen molar-refractivity contribution in [2.75, 3.05) is 20.3 Å². The summed E-state index contributed by atoms with van der Waals surface area (Å²) >= 11 is 0. The first-order chi connectivity index (χ1) is 9.67. The molecule has 1 fully saturated rings. The van der Waals surface area contributed by atoms with E-state index in [1.165, 1.54) is 23.1 Å². The topological polar surface area (TPSA) is 30.5 Å². The monoisotopic (exact) mass is 277 g/mol. The zero-order chi connectivity index (χ0) is 14.5. The summed E-state index contributed by atoms with van der Waals surface area (Å²) in [6.45, 7) is 8.34. The van der Waals surface area contributed by atoms with E-state index in [2.05, 4.69) is 38.2 Å². The Morgan fingerprint density at radius 3 is 2.55 bits per heavy atom. The number of ether oxygens (including phenoxy) is 2. The minimum absolute atomic E-state index is 0.292. The molecule has 1 aromatic carbocycles. The summed E-state index contributed by atoms with van der Waals surface area (Å²) in [5, 5.41) is 3.65. The lowest BCUT2D eigenvalue weighted by atomic mass is 9.95. The van der Waals surface area contributed by atoms with Crippen molar-refractivity contribution in [1.82, 2.24) is 5.32 Å². The molecule has 1 heterocycles. The summed E-state index contributed by atoms with van der Waals surface area (Å²) in [6.07, 6.45) is 3.75. The Bertz CT molecular complexity index is 416. The molecule has 2 unspecified atom stereocenters. The molecule has 1 aromatic rings. The van der Waals surface area contributed by atoms with E-state index in [4.69, 9.17) is 9.47 Å². The third kappa shape index (κ3) is 3.33. The van der Waals surface area contributed by atoms with Crippen LogP contribution in [0.15, 0.2) is 12.1 Å². The summed E-state index contributed by atoms with van der Waals surface area (Å²) in [4.78, 5) is 0.